The third-order valence-corrected chi connectivity index (χ3v) is 5.17. The van der Waals surface area contributed by atoms with Gasteiger partial charge >= 0.3 is 5.97 Å². The number of hydrogen-bond acceptors (Lipinski definition) is 5. The highest BCUT2D eigenvalue weighted by atomic mass is 127. The quantitative estimate of drug-likeness (QED) is 0.261. The molecular formula is C24H37IO5. The second-order valence-corrected chi connectivity index (χ2v) is 10.4. The van der Waals surface area contributed by atoms with Gasteiger partial charge < -0.3 is 18.9 Å². The number of rotatable bonds is 11. The van der Waals surface area contributed by atoms with Crippen LogP contribution in [0.4, 0.5) is 0 Å². The Labute approximate surface area is 195 Å². The van der Waals surface area contributed by atoms with E-state index in [1.54, 1.807) is 14.2 Å². The number of ether oxygens (including phenoxy) is 4. The molecule has 0 unspecified atom stereocenters. The van der Waals surface area contributed by atoms with Gasteiger partial charge in [0.25, 0.3) is 0 Å². The van der Waals surface area contributed by atoms with E-state index in [2.05, 4.69) is 49.4 Å². The van der Waals surface area contributed by atoms with Crippen molar-refractivity contribution in [1.29, 1.82) is 0 Å². The van der Waals surface area contributed by atoms with Crippen molar-refractivity contribution in [2.75, 3.05) is 14.2 Å². The molecule has 0 spiro atoms. The van der Waals surface area contributed by atoms with Crippen LogP contribution in [0.25, 0.3) is 0 Å². The molecule has 0 amide bonds. The summed E-state index contributed by atoms with van der Waals surface area (Å²) < 4.78 is 24.0. The summed E-state index contributed by atoms with van der Waals surface area (Å²) in [6, 6.07) is 7.85. The summed E-state index contributed by atoms with van der Waals surface area (Å²) in [4.78, 5) is 12.4. The van der Waals surface area contributed by atoms with Gasteiger partial charge in [-0.15, -0.1) is 0 Å². The van der Waals surface area contributed by atoms with Gasteiger partial charge in [-0.3, -0.25) is 4.79 Å². The summed E-state index contributed by atoms with van der Waals surface area (Å²) in [5.74, 6) is 0.704. The smallest absolute Gasteiger partial charge is 0.308 e. The van der Waals surface area contributed by atoms with E-state index in [1.807, 2.05) is 45.0 Å². The van der Waals surface area contributed by atoms with Crippen LogP contribution < -0.4 is 4.74 Å². The average molecular weight is 532 g/mol. The topological polar surface area (TPSA) is 54.0 Å². The van der Waals surface area contributed by atoms with E-state index in [0.717, 1.165) is 11.3 Å². The minimum Gasteiger partial charge on any atom is -0.497 e. The third kappa shape index (κ3) is 9.79. The molecule has 0 saturated carbocycles. The normalized spacial score (nSPS) is 16.5. The van der Waals surface area contributed by atoms with Gasteiger partial charge in [0.1, 0.15) is 11.4 Å². The Morgan fingerprint density at radius 3 is 2.20 bits per heavy atom. The zero-order valence-corrected chi connectivity index (χ0v) is 21.7. The van der Waals surface area contributed by atoms with Gasteiger partial charge in [0.2, 0.25) is 0 Å². The fourth-order valence-corrected chi connectivity index (χ4v) is 3.96. The molecule has 170 valence electrons. The van der Waals surface area contributed by atoms with Crippen molar-refractivity contribution in [2.45, 2.75) is 72.4 Å². The number of methoxy groups -OCH3 is 2. The standard InChI is InChI=1S/C24H37IO5/c1-16(13-17(2)25)23(29-15-19-9-11-20(27-7)12-10-19)18(3)21(28-8)14-22(26)30-24(4,5)6/h9-13,16,18,21,23H,14-15H2,1-8H3/b17-13+/t16-,18+,21-,23-/m1/s1. The van der Waals surface area contributed by atoms with E-state index in [4.69, 9.17) is 18.9 Å². The van der Waals surface area contributed by atoms with Gasteiger partial charge in [0, 0.05) is 18.9 Å². The maximum atomic E-state index is 12.4. The highest BCUT2D eigenvalue weighted by Gasteiger charge is 2.32. The second kappa shape index (κ2) is 12.7. The number of hydrogen-bond donors (Lipinski definition) is 0. The molecule has 0 heterocycles. The molecule has 0 bridgehead atoms. The maximum Gasteiger partial charge on any atom is 0.308 e. The van der Waals surface area contributed by atoms with E-state index >= 15 is 0 Å². The number of carbonyl (C=O) groups excluding carboxylic acids is 1. The molecule has 0 saturated heterocycles. The van der Waals surface area contributed by atoms with E-state index in [1.165, 1.54) is 3.58 Å². The first kappa shape index (κ1) is 26.9. The predicted molar refractivity (Wildman–Crippen MR) is 129 cm³/mol. The average Bonchev–Trinajstić information content (AvgIpc) is 2.64. The molecule has 1 aromatic carbocycles. The van der Waals surface area contributed by atoms with Crippen molar-refractivity contribution >= 4 is 28.6 Å². The number of halogens is 1. The molecule has 0 fully saturated rings. The fourth-order valence-electron chi connectivity index (χ4n) is 3.40. The molecular weight excluding hydrogens is 495 g/mol. The summed E-state index contributed by atoms with van der Waals surface area (Å²) in [5.41, 5.74) is 0.550. The zero-order chi connectivity index (χ0) is 22.9. The largest absolute Gasteiger partial charge is 0.497 e. The van der Waals surface area contributed by atoms with Gasteiger partial charge in [-0.05, 0) is 71.6 Å². The molecule has 0 aliphatic carbocycles. The molecule has 0 aromatic heterocycles. The van der Waals surface area contributed by atoms with E-state index in [-0.39, 0.29) is 36.4 Å². The lowest BCUT2D eigenvalue weighted by molar-refractivity contribution is -0.160. The summed E-state index contributed by atoms with van der Waals surface area (Å²) in [5, 5.41) is 0. The number of benzene rings is 1. The van der Waals surface area contributed by atoms with Crippen LogP contribution in [0.5, 0.6) is 5.75 Å². The SMILES string of the molecule is COc1ccc(CO[C@@H]([C@@H](C)[C@@H](CC(=O)OC(C)(C)C)OC)[C@H](C)/C=C(\C)I)cc1. The van der Waals surface area contributed by atoms with Crippen LogP contribution >= 0.6 is 22.6 Å². The number of esters is 1. The van der Waals surface area contributed by atoms with Gasteiger partial charge in [0.05, 0.1) is 32.3 Å². The van der Waals surface area contributed by atoms with Crippen molar-refractivity contribution in [1.82, 2.24) is 0 Å². The third-order valence-electron chi connectivity index (χ3n) is 4.81. The first-order valence-electron chi connectivity index (χ1n) is 10.3. The van der Waals surface area contributed by atoms with Gasteiger partial charge in [-0.1, -0.05) is 32.1 Å². The highest BCUT2D eigenvalue weighted by Crippen LogP contribution is 2.28. The monoisotopic (exact) mass is 532 g/mol. The van der Waals surface area contributed by atoms with Crippen LogP contribution in [0.1, 0.15) is 53.5 Å². The number of allylic oxidation sites excluding steroid dienone is 1. The lowest BCUT2D eigenvalue weighted by Crippen LogP contribution is -2.39. The molecule has 0 aliphatic heterocycles. The van der Waals surface area contributed by atoms with Crippen LogP contribution in [0, 0.1) is 11.8 Å². The van der Waals surface area contributed by atoms with Crippen molar-refractivity contribution in [3.8, 4) is 5.75 Å². The first-order chi connectivity index (χ1) is 14.0. The molecule has 30 heavy (non-hydrogen) atoms. The van der Waals surface area contributed by atoms with E-state index in [9.17, 15) is 4.79 Å². The summed E-state index contributed by atoms with van der Waals surface area (Å²) in [6.45, 7) is 12.4. The lowest BCUT2D eigenvalue weighted by atomic mass is 9.87. The molecule has 6 heteroatoms. The summed E-state index contributed by atoms with van der Waals surface area (Å²) >= 11 is 2.31. The Hall–Kier alpha value is -1.12. The van der Waals surface area contributed by atoms with Crippen LogP contribution in [0.15, 0.2) is 33.9 Å². The molecule has 5 nitrogen and oxygen atoms in total. The van der Waals surface area contributed by atoms with E-state index in [0.29, 0.717) is 6.61 Å². The van der Waals surface area contributed by atoms with Crippen LogP contribution in [-0.4, -0.2) is 38.0 Å². The van der Waals surface area contributed by atoms with Crippen LogP contribution in [-0.2, 0) is 25.6 Å². The van der Waals surface area contributed by atoms with Gasteiger partial charge in [0.15, 0.2) is 0 Å². The Bertz CT molecular complexity index is 674. The molecule has 0 aliphatic rings. The lowest BCUT2D eigenvalue weighted by Gasteiger charge is -2.33. The Morgan fingerprint density at radius 1 is 1.13 bits per heavy atom. The Kier molecular flexibility index (Phi) is 11.4. The summed E-state index contributed by atoms with van der Waals surface area (Å²) in [7, 11) is 3.29. The highest BCUT2D eigenvalue weighted by molar-refractivity contribution is 14.1. The molecule has 0 N–H and O–H groups in total. The fraction of sp³-hybridized carbons (Fsp3) is 0.625. The van der Waals surface area contributed by atoms with Crippen LogP contribution in [0.2, 0.25) is 0 Å². The predicted octanol–water partition coefficient (Wildman–Crippen LogP) is 5.94. The number of carbonyl (C=O) groups is 1. The Balaban J connectivity index is 2.94. The zero-order valence-electron chi connectivity index (χ0n) is 19.5. The Morgan fingerprint density at radius 2 is 1.73 bits per heavy atom. The molecule has 0 radical (unpaired) electrons. The molecule has 1 aromatic rings. The van der Waals surface area contributed by atoms with Gasteiger partial charge in [-0.25, -0.2) is 0 Å². The minimum absolute atomic E-state index is 0.0113. The van der Waals surface area contributed by atoms with Crippen molar-refractivity contribution in [2.24, 2.45) is 11.8 Å². The van der Waals surface area contributed by atoms with Gasteiger partial charge in [-0.2, -0.15) is 0 Å². The maximum absolute atomic E-state index is 12.4. The first-order valence-corrected chi connectivity index (χ1v) is 11.4. The second-order valence-electron chi connectivity index (χ2n) is 8.66. The van der Waals surface area contributed by atoms with E-state index < -0.39 is 5.60 Å². The van der Waals surface area contributed by atoms with Crippen molar-refractivity contribution < 1.29 is 23.7 Å². The molecule has 1 rings (SSSR count). The summed E-state index contributed by atoms with van der Waals surface area (Å²) in [6.07, 6.45) is 1.96. The molecule has 4 atom stereocenters. The van der Waals surface area contributed by atoms with Crippen LogP contribution in [0.3, 0.4) is 0 Å². The minimum atomic E-state index is -0.517. The van der Waals surface area contributed by atoms with Crippen molar-refractivity contribution in [3.05, 3.63) is 39.5 Å². The van der Waals surface area contributed by atoms with Crippen molar-refractivity contribution in [3.63, 3.8) is 0 Å².